The topological polar surface area (TPSA) is 133 Å². The van der Waals surface area contributed by atoms with E-state index in [1.165, 1.54) is 18.3 Å². The number of benzene rings is 2. The van der Waals surface area contributed by atoms with E-state index in [-0.39, 0.29) is 17.3 Å². The molecule has 0 aliphatic heterocycles. The largest absolute Gasteiger partial charge is 0.455 e. The van der Waals surface area contributed by atoms with Crippen molar-refractivity contribution < 1.29 is 17.6 Å². The number of fused-ring (bicyclic) bond motifs is 1. The summed E-state index contributed by atoms with van der Waals surface area (Å²) in [5, 5.41) is 9.00. The van der Waals surface area contributed by atoms with Crippen molar-refractivity contribution in [1.82, 2.24) is 15.0 Å². The number of primary sulfonamides is 1. The molecule has 152 valence electrons. The molecule has 4 aromatic rings. The average molecular weight is 423 g/mol. The van der Waals surface area contributed by atoms with E-state index in [4.69, 9.17) is 9.56 Å². The summed E-state index contributed by atoms with van der Waals surface area (Å²) in [4.78, 5) is 16.4. The third-order valence-electron chi connectivity index (χ3n) is 4.32. The van der Waals surface area contributed by atoms with Gasteiger partial charge in [-0.25, -0.2) is 24.0 Å². The lowest BCUT2D eigenvalue weighted by atomic mass is 10.2. The molecule has 4 rings (SSSR count). The lowest BCUT2D eigenvalue weighted by Crippen LogP contribution is -2.22. The van der Waals surface area contributed by atoms with Crippen LogP contribution in [0.2, 0.25) is 0 Å². The fourth-order valence-electron chi connectivity index (χ4n) is 2.88. The van der Waals surface area contributed by atoms with E-state index in [9.17, 15) is 13.2 Å². The molecule has 10 heteroatoms. The maximum Gasteiger partial charge on any atom is 0.260 e. The first-order valence-electron chi connectivity index (χ1n) is 8.85. The number of nitrogens with two attached hydrogens (primary N) is 1. The van der Waals surface area contributed by atoms with Gasteiger partial charge in [-0.1, -0.05) is 12.1 Å². The SMILES string of the molecule is NS(=O)(=O)c1ccc(-c2ccc(C=NNC(=O)Cn3cnc4ccccc43)o2)cc1. The first kappa shape index (κ1) is 19.6. The Bertz CT molecular complexity index is 1340. The molecule has 1 amide bonds. The number of sulfonamides is 1. The highest BCUT2D eigenvalue weighted by atomic mass is 32.2. The van der Waals surface area contributed by atoms with Gasteiger partial charge in [0.1, 0.15) is 18.1 Å². The Morgan fingerprint density at radius 2 is 1.90 bits per heavy atom. The second kappa shape index (κ2) is 7.93. The minimum atomic E-state index is -3.75. The Morgan fingerprint density at radius 3 is 2.67 bits per heavy atom. The molecule has 0 fully saturated rings. The summed E-state index contributed by atoms with van der Waals surface area (Å²) in [5.41, 5.74) is 4.80. The second-order valence-corrected chi connectivity index (χ2v) is 7.99. The number of carbonyl (C=O) groups is 1. The minimum Gasteiger partial charge on any atom is -0.455 e. The van der Waals surface area contributed by atoms with E-state index in [1.807, 2.05) is 24.3 Å². The normalized spacial score (nSPS) is 11.9. The third kappa shape index (κ3) is 4.29. The van der Waals surface area contributed by atoms with Crippen LogP contribution in [0.3, 0.4) is 0 Å². The van der Waals surface area contributed by atoms with Crippen molar-refractivity contribution in [2.45, 2.75) is 11.4 Å². The molecule has 0 aliphatic carbocycles. The molecule has 0 radical (unpaired) electrons. The van der Waals surface area contributed by atoms with Crippen LogP contribution in [0.25, 0.3) is 22.4 Å². The van der Waals surface area contributed by atoms with E-state index >= 15 is 0 Å². The number of furan rings is 1. The molecule has 0 saturated heterocycles. The summed E-state index contributed by atoms with van der Waals surface area (Å²) < 4.78 is 30.0. The molecule has 2 aromatic heterocycles. The van der Waals surface area contributed by atoms with Crippen LogP contribution in [0.1, 0.15) is 5.76 Å². The van der Waals surface area contributed by atoms with Crippen molar-refractivity contribution in [2.75, 3.05) is 0 Å². The van der Waals surface area contributed by atoms with Crippen molar-refractivity contribution >= 4 is 33.2 Å². The molecule has 0 spiro atoms. The summed E-state index contributed by atoms with van der Waals surface area (Å²) in [5.74, 6) is 0.641. The highest BCUT2D eigenvalue weighted by Crippen LogP contribution is 2.23. The van der Waals surface area contributed by atoms with Crippen LogP contribution >= 0.6 is 0 Å². The number of carbonyl (C=O) groups excluding carboxylic acids is 1. The smallest absolute Gasteiger partial charge is 0.260 e. The molecule has 3 N–H and O–H groups in total. The number of imidazole rings is 1. The van der Waals surface area contributed by atoms with Crippen LogP contribution in [0.15, 0.2) is 81.4 Å². The maximum absolute atomic E-state index is 12.1. The van der Waals surface area contributed by atoms with Crippen LogP contribution < -0.4 is 10.6 Å². The number of hydrogen-bond acceptors (Lipinski definition) is 6. The summed E-state index contributed by atoms with van der Waals surface area (Å²) in [6, 6.07) is 16.9. The van der Waals surface area contributed by atoms with Gasteiger partial charge in [-0.2, -0.15) is 5.10 Å². The van der Waals surface area contributed by atoms with Crippen molar-refractivity contribution in [3.63, 3.8) is 0 Å². The molecule has 0 aliphatic rings. The molecule has 2 heterocycles. The Kier molecular flexibility index (Phi) is 5.17. The fourth-order valence-corrected chi connectivity index (χ4v) is 3.40. The molecule has 30 heavy (non-hydrogen) atoms. The fraction of sp³-hybridized carbons (Fsp3) is 0.0500. The Hall–Kier alpha value is -3.76. The number of nitrogens with zero attached hydrogens (tertiary/aromatic N) is 3. The zero-order valence-electron chi connectivity index (χ0n) is 15.6. The zero-order valence-corrected chi connectivity index (χ0v) is 16.4. The number of hydrogen-bond donors (Lipinski definition) is 2. The number of aromatic nitrogens is 2. The first-order chi connectivity index (χ1) is 14.4. The molecule has 2 aromatic carbocycles. The molecular formula is C20H17N5O4S. The van der Waals surface area contributed by atoms with E-state index in [2.05, 4.69) is 15.5 Å². The first-order valence-corrected chi connectivity index (χ1v) is 10.4. The maximum atomic E-state index is 12.1. The van der Waals surface area contributed by atoms with E-state index in [0.29, 0.717) is 17.1 Å². The summed E-state index contributed by atoms with van der Waals surface area (Å²) in [6.45, 7) is 0.0810. The van der Waals surface area contributed by atoms with Crippen molar-refractivity contribution in [1.29, 1.82) is 0 Å². The van der Waals surface area contributed by atoms with E-state index in [0.717, 1.165) is 11.0 Å². The van der Waals surface area contributed by atoms with Gasteiger partial charge in [0.25, 0.3) is 5.91 Å². The number of amides is 1. The van der Waals surface area contributed by atoms with Crippen LogP contribution in [0, 0.1) is 0 Å². The van der Waals surface area contributed by atoms with Gasteiger partial charge in [0, 0.05) is 5.56 Å². The average Bonchev–Trinajstić information content (AvgIpc) is 3.35. The molecule has 0 bridgehead atoms. The number of para-hydroxylation sites is 2. The number of nitrogens with one attached hydrogen (secondary N) is 1. The highest BCUT2D eigenvalue weighted by Gasteiger charge is 2.09. The Morgan fingerprint density at radius 1 is 1.13 bits per heavy atom. The molecule has 0 saturated carbocycles. The predicted molar refractivity (Wildman–Crippen MR) is 111 cm³/mol. The number of rotatable bonds is 6. The highest BCUT2D eigenvalue weighted by molar-refractivity contribution is 7.89. The Labute approximate surface area is 171 Å². The molecule has 0 atom stereocenters. The van der Waals surface area contributed by atoms with Crippen LogP contribution in [0.4, 0.5) is 0 Å². The van der Waals surface area contributed by atoms with Gasteiger partial charge in [0.2, 0.25) is 10.0 Å². The standard InChI is InChI=1S/C20H17N5O4S/c21-30(27,28)16-8-5-14(6-9-16)19-10-7-15(29-19)11-23-24-20(26)12-25-13-22-17-3-1-2-4-18(17)25/h1-11,13H,12H2,(H,24,26)(H2,21,27,28). The lowest BCUT2D eigenvalue weighted by molar-refractivity contribution is -0.121. The van der Waals surface area contributed by atoms with Crippen LogP contribution in [-0.2, 0) is 21.4 Å². The van der Waals surface area contributed by atoms with Gasteiger partial charge in [0.15, 0.2) is 0 Å². The molecule has 0 unspecified atom stereocenters. The lowest BCUT2D eigenvalue weighted by Gasteiger charge is -2.02. The van der Waals surface area contributed by atoms with Gasteiger partial charge in [-0.15, -0.1) is 0 Å². The van der Waals surface area contributed by atoms with Crippen molar-refractivity contribution in [2.24, 2.45) is 10.2 Å². The summed E-state index contributed by atoms with van der Waals surface area (Å²) in [7, 11) is -3.75. The second-order valence-electron chi connectivity index (χ2n) is 6.43. The van der Waals surface area contributed by atoms with Gasteiger partial charge < -0.3 is 8.98 Å². The monoisotopic (exact) mass is 423 g/mol. The van der Waals surface area contributed by atoms with Gasteiger partial charge >= 0.3 is 0 Å². The van der Waals surface area contributed by atoms with Crippen LogP contribution in [-0.4, -0.2) is 30.1 Å². The minimum absolute atomic E-state index is 0.0213. The van der Waals surface area contributed by atoms with Gasteiger partial charge in [0.05, 0.1) is 28.5 Å². The predicted octanol–water partition coefficient (Wildman–Crippen LogP) is 2.09. The Balaban J connectivity index is 1.38. The van der Waals surface area contributed by atoms with Gasteiger partial charge in [-0.05, 0) is 48.5 Å². The number of hydrazone groups is 1. The van der Waals surface area contributed by atoms with Gasteiger partial charge in [-0.3, -0.25) is 4.79 Å². The van der Waals surface area contributed by atoms with Crippen molar-refractivity contribution in [3.8, 4) is 11.3 Å². The van der Waals surface area contributed by atoms with Crippen LogP contribution in [0.5, 0.6) is 0 Å². The van der Waals surface area contributed by atoms with E-state index in [1.54, 1.807) is 35.2 Å². The quantitative estimate of drug-likeness (QED) is 0.362. The van der Waals surface area contributed by atoms with E-state index < -0.39 is 10.0 Å². The third-order valence-corrected chi connectivity index (χ3v) is 5.25. The summed E-state index contributed by atoms with van der Waals surface area (Å²) >= 11 is 0. The zero-order chi connectivity index (χ0) is 21.1. The summed E-state index contributed by atoms with van der Waals surface area (Å²) in [6.07, 6.45) is 2.99. The van der Waals surface area contributed by atoms with Crippen molar-refractivity contribution in [3.05, 3.63) is 72.8 Å². The molecular weight excluding hydrogens is 406 g/mol. The molecule has 9 nitrogen and oxygen atoms in total.